The van der Waals surface area contributed by atoms with E-state index >= 15 is 0 Å². The van der Waals surface area contributed by atoms with E-state index in [1.165, 1.54) is 19.1 Å². The second kappa shape index (κ2) is 6.14. The Balaban J connectivity index is 0.000000686. The molecule has 2 aromatic carbocycles. The third kappa shape index (κ3) is 3.13. The molecule has 0 fully saturated rings. The van der Waals surface area contributed by atoms with Crippen molar-refractivity contribution in [2.45, 2.75) is 20.8 Å². The first-order valence-corrected chi connectivity index (χ1v) is 5.69. The first kappa shape index (κ1) is 13.4. The smallest absolute Gasteiger partial charge is 0.129 e. The minimum Gasteiger partial charge on any atom is -0.207 e. The molecule has 0 aromatic heterocycles. The molecule has 0 unspecified atom stereocenters. The molecule has 2 heteroatoms. The summed E-state index contributed by atoms with van der Waals surface area (Å²) in [5, 5.41) is 0. The van der Waals surface area contributed by atoms with Crippen LogP contribution >= 0.6 is 0 Å². The van der Waals surface area contributed by atoms with E-state index in [4.69, 9.17) is 0 Å². The predicted molar refractivity (Wildman–Crippen MR) is 67.9 cm³/mol. The average Bonchev–Trinajstić information content (AvgIpc) is 2.39. The van der Waals surface area contributed by atoms with Crippen LogP contribution in [0.1, 0.15) is 19.4 Å². The maximum Gasteiger partial charge on any atom is 0.129 e. The summed E-state index contributed by atoms with van der Waals surface area (Å²) in [6.45, 7) is 5.43. The van der Waals surface area contributed by atoms with E-state index in [0.717, 1.165) is 5.56 Å². The Morgan fingerprint density at radius 3 is 1.71 bits per heavy atom. The first-order chi connectivity index (χ1) is 8.18. The summed E-state index contributed by atoms with van der Waals surface area (Å²) in [4.78, 5) is 0. The fourth-order valence-corrected chi connectivity index (χ4v) is 1.44. The fourth-order valence-electron chi connectivity index (χ4n) is 1.44. The van der Waals surface area contributed by atoms with Gasteiger partial charge in [0.05, 0.1) is 0 Å². The van der Waals surface area contributed by atoms with Gasteiger partial charge in [-0.15, -0.1) is 0 Å². The van der Waals surface area contributed by atoms with Gasteiger partial charge in [0.2, 0.25) is 0 Å². The van der Waals surface area contributed by atoms with Crippen LogP contribution in [0.25, 0.3) is 11.1 Å². The summed E-state index contributed by atoms with van der Waals surface area (Å²) in [6.07, 6.45) is 0. The monoisotopic (exact) mass is 234 g/mol. The zero-order chi connectivity index (χ0) is 12.8. The Hall–Kier alpha value is -1.70. The molecule has 2 aromatic rings. The summed E-state index contributed by atoms with van der Waals surface area (Å²) < 4.78 is 26.6. The fraction of sp³-hybridized carbons (Fsp3) is 0.200. The van der Waals surface area contributed by atoms with Crippen molar-refractivity contribution in [2.24, 2.45) is 0 Å². The van der Waals surface area contributed by atoms with E-state index in [1.807, 2.05) is 44.2 Å². The molecule has 2 rings (SSSR count). The van der Waals surface area contributed by atoms with Crippen LogP contribution in [-0.2, 0) is 0 Å². The van der Waals surface area contributed by atoms with Gasteiger partial charge in [-0.1, -0.05) is 44.2 Å². The molecule has 0 spiro atoms. The van der Waals surface area contributed by atoms with Crippen molar-refractivity contribution in [2.75, 3.05) is 0 Å². The Bertz CT molecular complexity index is 453. The Kier molecular flexibility index (Phi) is 4.83. The van der Waals surface area contributed by atoms with E-state index in [9.17, 15) is 8.78 Å². The molecule has 0 bridgehead atoms. The van der Waals surface area contributed by atoms with Crippen LogP contribution in [0.3, 0.4) is 0 Å². The van der Waals surface area contributed by atoms with Crippen molar-refractivity contribution < 1.29 is 8.78 Å². The highest BCUT2D eigenvalue weighted by atomic mass is 19.1. The topological polar surface area (TPSA) is 0 Å². The SMILES string of the molecule is CC.Cc1c(F)cc(-c2ccccc2)cc1F. The molecule has 90 valence electrons. The third-order valence-corrected chi connectivity index (χ3v) is 2.39. The van der Waals surface area contributed by atoms with Gasteiger partial charge in [0, 0.05) is 5.56 Å². The summed E-state index contributed by atoms with van der Waals surface area (Å²) >= 11 is 0. The van der Waals surface area contributed by atoms with Crippen molar-refractivity contribution in [3.8, 4) is 11.1 Å². The number of benzene rings is 2. The molecule has 0 heterocycles. The van der Waals surface area contributed by atoms with E-state index in [-0.39, 0.29) is 5.56 Å². The van der Waals surface area contributed by atoms with Crippen LogP contribution in [-0.4, -0.2) is 0 Å². The summed E-state index contributed by atoms with van der Waals surface area (Å²) in [5.74, 6) is -1.01. The van der Waals surface area contributed by atoms with E-state index in [0.29, 0.717) is 5.56 Å². The molecular weight excluding hydrogens is 218 g/mol. The normalized spacial score (nSPS) is 9.47. The quantitative estimate of drug-likeness (QED) is 0.653. The Labute approximate surface area is 101 Å². The highest BCUT2D eigenvalue weighted by Gasteiger charge is 2.07. The number of hydrogen-bond donors (Lipinski definition) is 0. The minimum atomic E-state index is -0.506. The van der Waals surface area contributed by atoms with Gasteiger partial charge in [-0.25, -0.2) is 8.78 Å². The number of halogens is 2. The van der Waals surface area contributed by atoms with E-state index in [1.54, 1.807) is 0 Å². The van der Waals surface area contributed by atoms with Crippen LogP contribution in [0.4, 0.5) is 8.78 Å². The van der Waals surface area contributed by atoms with Crippen molar-refractivity contribution in [3.05, 3.63) is 59.7 Å². The van der Waals surface area contributed by atoms with E-state index in [2.05, 4.69) is 0 Å². The predicted octanol–water partition coefficient (Wildman–Crippen LogP) is 4.97. The molecule has 0 radical (unpaired) electrons. The molecule has 0 atom stereocenters. The molecule has 0 amide bonds. The molecular formula is C15H16F2. The number of hydrogen-bond acceptors (Lipinski definition) is 0. The second-order valence-corrected chi connectivity index (χ2v) is 3.43. The largest absolute Gasteiger partial charge is 0.207 e. The number of rotatable bonds is 1. The maximum absolute atomic E-state index is 13.3. The molecule has 0 saturated heterocycles. The first-order valence-electron chi connectivity index (χ1n) is 5.69. The lowest BCUT2D eigenvalue weighted by atomic mass is 10.0. The highest BCUT2D eigenvalue weighted by Crippen LogP contribution is 2.23. The standard InChI is InChI=1S/C13H10F2.C2H6/c1-9-12(14)7-11(8-13(9)15)10-5-3-2-4-6-10;1-2/h2-8H,1H3;1-2H3. The summed E-state index contributed by atoms with van der Waals surface area (Å²) in [6, 6.07) is 11.9. The highest BCUT2D eigenvalue weighted by molar-refractivity contribution is 5.63. The van der Waals surface area contributed by atoms with Crippen molar-refractivity contribution in [1.82, 2.24) is 0 Å². The van der Waals surface area contributed by atoms with Gasteiger partial charge < -0.3 is 0 Å². The molecule has 0 aliphatic carbocycles. The zero-order valence-corrected chi connectivity index (χ0v) is 10.3. The Morgan fingerprint density at radius 2 is 1.24 bits per heavy atom. The minimum absolute atomic E-state index is 0.0645. The van der Waals surface area contributed by atoms with Crippen molar-refractivity contribution in [3.63, 3.8) is 0 Å². The van der Waals surface area contributed by atoms with Crippen molar-refractivity contribution >= 4 is 0 Å². The van der Waals surface area contributed by atoms with Crippen LogP contribution < -0.4 is 0 Å². The van der Waals surface area contributed by atoms with Gasteiger partial charge in [-0.2, -0.15) is 0 Å². The lowest BCUT2D eigenvalue weighted by molar-refractivity contribution is 0.569. The summed E-state index contributed by atoms with van der Waals surface area (Å²) in [5.41, 5.74) is 1.45. The second-order valence-electron chi connectivity index (χ2n) is 3.43. The Morgan fingerprint density at radius 1 is 0.765 bits per heavy atom. The molecule has 0 aliphatic rings. The van der Waals surface area contributed by atoms with Gasteiger partial charge in [0.1, 0.15) is 11.6 Å². The van der Waals surface area contributed by atoms with Crippen molar-refractivity contribution in [1.29, 1.82) is 0 Å². The van der Waals surface area contributed by atoms with Crippen LogP contribution in [0.5, 0.6) is 0 Å². The lowest BCUT2D eigenvalue weighted by Gasteiger charge is -2.04. The van der Waals surface area contributed by atoms with Crippen LogP contribution in [0.2, 0.25) is 0 Å². The molecule has 0 nitrogen and oxygen atoms in total. The zero-order valence-electron chi connectivity index (χ0n) is 10.3. The third-order valence-electron chi connectivity index (χ3n) is 2.39. The maximum atomic E-state index is 13.3. The molecule has 0 aliphatic heterocycles. The molecule has 17 heavy (non-hydrogen) atoms. The molecule has 0 N–H and O–H groups in total. The van der Waals surface area contributed by atoms with E-state index < -0.39 is 11.6 Å². The van der Waals surface area contributed by atoms with Crippen LogP contribution in [0.15, 0.2) is 42.5 Å². The van der Waals surface area contributed by atoms with Gasteiger partial charge in [0.25, 0.3) is 0 Å². The van der Waals surface area contributed by atoms with Gasteiger partial charge in [-0.3, -0.25) is 0 Å². The summed E-state index contributed by atoms with van der Waals surface area (Å²) in [7, 11) is 0. The lowest BCUT2D eigenvalue weighted by Crippen LogP contribution is -1.90. The molecule has 0 saturated carbocycles. The van der Waals surface area contributed by atoms with Gasteiger partial charge >= 0.3 is 0 Å². The average molecular weight is 234 g/mol. The van der Waals surface area contributed by atoms with Gasteiger partial charge in [0.15, 0.2) is 0 Å². The van der Waals surface area contributed by atoms with Gasteiger partial charge in [-0.05, 0) is 30.2 Å². The van der Waals surface area contributed by atoms with Crippen LogP contribution in [0, 0.1) is 18.6 Å².